The zero-order valence-corrected chi connectivity index (χ0v) is 11.5. The van der Waals surface area contributed by atoms with Crippen LogP contribution in [0.2, 0.25) is 0 Å². The third-order valence-electron chi connectivity index (χ3n) is 2.67. The van der Waals surface area contributed by atoms with Crippen molar-refractivity contribution in [3.8, 4) is 0 Å². The molecule has 0 saturated heterocycles. The summed E-state index contributed by atoms with van der Waals surface area (Å²) in [6.07, 6.45) is 1.35. The summed E-state index contributed by atoms with van der Waals surface area (Å²) in [5, 5.41) is 0. The van der Waals surface area contributed by atoms with Crippen molar-refractivity contribution in [3.05, 3.63) is 12.0 Å². The van der Waals surface area contributed by atoms with Gasteiger partial charge < -0.3 is 19.8 Å². The van der Waals surface area contributed by atoms with E-state index in [0.717, 1.165) is 0 Å². The van der Waals surface area contributed by atoms with Crippen LogP contribution in [-0.4, -0.2) is 35.2 Å². The van der Waals surface area contributed by atoms with Gasteiger partial charge in [-0.15, -0.1) is 0 Å². The maximum Gasteiger partial charge on any atom is 0.360 e. The second-order valence-corrected chi connectivity index (χ2v) is 4.32. The number of nitrogens with zero attached hydrogens (tertiary/aromatic N) is 2. The molecule has 0 saturated carbocycles. The fourth-order valence-electron chi connectivity index (χ4n) is 1.78. The molecule has 1 aromatic rings. The lowest BCUT2D eigenvalue weighted by Crippen LogP contribution is -2.26. The third-order valence-corrected chi connectivity index (χ3v) is 2.67. The molecule has 1 atom stereocenters. The van der Waals surface area contributed by atoms with E-state index in [-0.39, 0.29) is 24.0 Å². The highest BCUT2D eigenvalue weighted by Crippen LogP contribution is 2.24. The van der Waals surface area contributed by atoms with Crippen LogP contribution < -0.4 is 5.73 Å². The maximum absolute atomic E-state index is 11.8. The minimum Gasteiger partial charge on any atom is -0.467 e. The molecular formula is C12H19N3O4. The summed E-state index contributed by atoms with van der Waals surface area (Å²) in [6.45, 7) is 5.63. The number of imidazole rings is 1. The zero-order chi connectivity index (χ0) is 14.6. The van der Waals surface area contributed by atoms with Gasteiger partial charge in [0.2, 0.25) is 0 Å². The molecule has 0 unspecified atom stereocenters. The molecule has 0 aliphatic heterocycles. The monoisotopic (exact) mass is 269 g/mol. The third kappa shape index (κ3) is 3.04. The van der Waals surface area contributed by atoms with Gasteiger partial charge in [-0.2, -0.15) is 0 Å². The van der Waals surface area contributed by atoms with E-state index in [1.165, 1.54) is 18.0 Å². The number of carbonyl (C=O) groups excluding carboxylic acids is 2. The Morgan fingerprint density at radius 3 is 2.58 bits per heavy atom. The van der Waals surface area contributed by atoms with Crippen LogP contribution >= 0.6 is 0 Å². The molecule has 1 heterocycles. The number of rotatable bonds is 5. The van der Waals surface area contributed by atoms with Crippen molar-refractivity contribution in [1.82, 2.24) is 9.55 Å². The van der Waals surface area contributed by atoms with Gasteiger partial charge >= 0.3 is 11.9 Å². The fourth-order valence-corrected chi connectivity index (χ4v) is 1.78. The van der Waals surface area contributed by atoms with Crippen LogP contribution in [0.1, 0.15) is 37.3 Å². The smallest absolute Gasteiger partial charge is 0.360 e. The van der Waals surface area contributed by atoms with Gasteiger partial charge in [-0.3, -0.25) is 0 Å². The largest absolute Gasteiger partial charge is 0.467 e. The molecule has 106 valence electrons. The summed E-state index contributed by atoms with van der Waals surface area (Å²) in [5.41, 5.74) is 5.87. The second-order valence-electron chi connectivity index (χ2n) is 4.32. The van der Waals surface area contributed by atoms with Crippen LogP contribution in [0.3, 0.4) is 0 Å². The van der Waals surface area contributed by atoms with Crippen LogP contribution in [0, 0.1) is 5.92 Å². The van der Waals surface area contributed by atoms with E-state index in [2.05, 4.69) is 4.98 Å². The fraction of sp³-hybridized carbons (Fsp3) is 0.583. The average Bonchev–Trinajstić information content (AvgIpc) is 2.71. The molecule has 0 aliphatic rings. The first-order chi connectivity index (χ1) is 8.93. The van der Waals surface area contributed by atoms with Gasteiger partial charge in [-0.25, -0.2) is 14.6 Å². The number of nitrogens with two attached hydrogens (primary N) is 1. The molecule has 0 radical (unpaired) electrons. The molecular weight excluding hydrogens is 250 g/mol. The normalized spacial score (nSPS) is 12.3. The van der Waals surface area contributed by atoms with Crippen molar-refractivity contribution in [2.75, 3.05) is 19.5 Å². The van der Waals surface area contributed by atoms with Crippen LogP contribution in [0.15, 0.2) is 6.33 Å². The van der Waals surface area contributed by atoms with Crippen molar-refractivity contribution < 1.29 is 19.1 Å². The number of hydrogen-bond donors (Lipinski definition) is 1. The van der Waals surface area contributed by atoms with E-state index in [0.29, 0.717) is 0 Å². The number of aromatic nitrogens is 2. The lowest BCUT2D eigenvalue weighted by Gasteiger charge is -2.20. The van der Waals surface area contributed by atoms with Gasteiger partial charge in [0.05, 0.1) is 20.0 Å². The summed E-state index contributed by atoms with van der Waals surface area (Å²) < 4.78 is 11.0. The standard InChI is InChI=1S/C12H19N3O4/c1-5-19-11(16)8-10(13)15(6-14-8)9(7(2)3)12(17)18-4/h6-7,9H,5,13H2,1-4H3/t9-/m0/s1. The topological polar surface area (TPSA) is 96.4 Å². The molecule has 7 nitrogen and oxygen atoms in total. The summed E-state index contributed by atoms with van der Waals surface area (Å²) >= 11 is 0. The van der Waals surface area contributed by atoms with Gasteiger partial charge in [0.1, 0.15) is 11.9 Å². The molecule has 0 aliphatic carbocycles. The lowest BCUT2D eigenvalue weighted by molar-refractivity contribution is -0.145. The predicted molar refractivity (Wildman–Crippen MR) is 68.5 cm³/mol. The predicted octanol–water partition coefficient (Wildman–Crippen LogP) is 1.01. The number of methoxy groups -OCH3 is 1. The molecule has 7 heteroatoms. The molecule has 0 fully saturated rings. The Hall–Kier alpha value is -2.05. The van der Waals surface area contributed by atoms with Gasteiger partial charge in [-0.1, -0.05) is 13.8 Å². The van der Waals surface area contributed by atoms with Crippen LogP contribution in [0.25, 0.3) is 0 Å². The highest BCUT2D eigenvalue weighted by molar-refractivity contribution is 5.92. The quantitative estimate of drug-likeness (QED) is 0.801. The Morgan fingerprint density at radius 1 is 1.47 bits per heavy atom. The summed E-state index contributed by atoms with van der Waals surface area (Å²) in [7, 11) is 1.30. The number of hydrogen-bond acceptors (Lipinski definition) is 6. The van der Waals surface area contributed by atoms with E-state index < -0.39 is 18.0 Å². The molecule has 19 heavy (non-hydrogen) atoms. The van der Waals surface area contributed by atoms with Crippen LogP contribution in [0.5, 0.6) is 0 Å². The molecule has 0 aromatic carbocycles. The second kappa shape index (κ2) is 6.21. The maximum atomic E-state index is 11.8. The first kappa shape index (κ1) is 15.0. The van der Waals surface area contributed by atoms with Crippen LogP contribution in [-0.2, 0) is 14.3 Å². The highest BCUT2D eigenvalue weighted by atomic mass is 16.5. The van der Waals surface area contributed by atoms with E-state index in [4.69, 9.17) is 15.2 Å². The van der Waals surface area contributed by atoms with Gasteiger partial charge in [0.15, 0.2) is 5.69 Å². The summed E-state index contributed by atoms with van der Waals surface area (Å²) in [6, 6.07) is -0.624. The zero-order valence-electron chi connectivity index (χ0n) is 11.5. The minimum atomic E-state index is -0.624. The number of esters is 2. The van der Waals surface area contributed by atoms with Crippen molar-refractivity contribution in [1.29, 1.82) is 0 Å². The lowest BCUT2D eigenvalue weighted by atomic mass is 10.0. The Morgan fingerprint density at radius 2 is 2.11 bits per heavy atom. The number of carbonyl (C=O) groups is 2. The average molecular weight is 269 g/mol. The minimum absolute atomic E-state index is 0.0106. The van der Waals surface area contributed by atoms with E-state index in [9.17, 15) is 9.59 Å². The molecule has 2 N–H and O–H groups in total. The van der Waals surface area contributed by atoms with E-state index in [1.807, 2.05) is 13.8 Å². The first-order valence-corrected chi connectivity index (χ1v) is 6.01. The van der Waals surface area contributed by atoms with Gasteiger partial charge in [0.25, 0.3) is 0 Å². The SMILES string of the molecule is CCOC(=O)c1ncn([C@H](C(=O)OC)C(C)C)c1N. The van der Waals surface area contributed by atoms with Crippen molar-refractivity contribution in [2.45, 2.75) is 26.8 Å². The number of ether oxygens (including phenoxy) is 2. The van der Waals surface area contributed by atoms with Crippen molar-refractivity contribution in [2.24, 2.45) is 5.92 Å². The number of anilines is 1. The number of nitrogen functional groups attached to an aromatic ring is 1. The Bertz CT molecular complexity index is 468. The van der Waals surface area contributed by atoms with Crippen molar-refractivity contribution >= 4 is 17.8 Å². The van der Waals surface area contributed by atoms with Gasteiger partial charge in [-0.05, 0) is 12.8 Å². The molecule has 0 bridgehead atoms. The summed E-state index contributed by atoms with van der Waals surface area (Å²) in [4.78, 5) is 27.3. The van der Waals surface area contributed by atoms with E-state index >= 15 is 0 Å². The van der Waals surface area contributed by atoms with Crippen molar-refractivity contribution in [3.63, 3.8) is 0 Å². The summed E-state index contributed by atoms with van der Waals surface area (Å²) in [5.74, 6) is -0.998. The first-order valence-electron chi connectivity index (χ1n) is 6.01. The van der Waals surface area contributed by atoms with Gasteiger partial charge in [0, 0.05) is 0 Å². The molecule has 0 amide bonds. The molecule has 1 aromatic heterocycles. The highest BCUT2D eigenvalue weighted by Gasteiger charge is 2.29. The Balaban J connectivity index is 3.13. The Labute approximate surface area is 111 Å². The van der Waals surface area contributed by atoms with E-state index in [1.54, 1.807) is 6.92 Å². The molecule has 0 spiro atoms. The Kier molecular flexibility index (Phi) is 4.91. The molecule has 1 rings (SSSR count). The van der Waals surface area contributed by atoms with Crippen LogP contribution in [0.4, 0.5) is 5.82 Å².